The second kappa shape index (κ2) is 6.96. The molecule has 2 aliphatic heterocycles. The van der Waals surface area contributed by atoms with Crippen LogP contribution in [0.5, 0.6) is 0 Å². The van der Waals surface area contributed by atoms with Gasteiger partial charge in [0.05, 0.1) is 13.0 Å². The van der Waals surface area contributed by atoms with Crippen LogP contribution in [0.25, 0.3) is 0 Å². The predicted molar refractivity (Wildman–Crippen MR) is 86.4 cm³/mol. The van der Waals surface area contributed by atoms with E-state index in [0.717, 1.165) is 31.5 Å². The molecule has 1 N–H and O–H groups in total. The molecule has 0 aliphatic carbocycles. The quantitative estimate of drug-likeness (QED) is 0.842. The van der Waals surface area contributed by atoms with E-state index in [1.807, 2.05) is 7.05 Å². The minimum atomic E-state index is -1.52. The van der Waals surface area contributed by atoms with Crippen molar-refractivity contribution in [1.82, 2.24) is 9.80 Å². The number of hydrogen-bond acceptors (Lipinski definition) is 3. The third-order valence-electron chi connectivity index (χ3n) is 5.76. The van der Waals surface area contributed by atoms with Gasteiger partial charge in [-0.15, -0.1) is 0 Å². The normalized spacial score (nSPS) is 27.2. The highest BCUT2D eigenvalue weighted by molar-refractivity contribution is 5.79. The van der Waals surface area contributed by atoms with Crippen LogP contribution in [-0.4, -0.2) is 60.1 Å². The zero-order chi connectivity index (χ0) is 18.2. The summed E-state index contributed by atoms with van der Waals surface area (Å²) < 4.78 is 39.7. The first-order chi connectivity index (χ1) is 11.9. The summed E-state index contributed by atoms with van der Waals surface area (Å²) >= 11 is 0. The number of piperidine rings is 2. The highest BCUT2D eigenvalue weighted by Crippen LogP contribution is 2.41. The van der Waals surface area contributed by atoms with Crippen LogP contribution >= 0.6 is 0 Å². The van der Waals surface area contributed by atoms with Crippen LogP contribution in [0.1, 0.15) is 24.8 Å². The minimum Gasteiger partial charge on any atom is -0.396 e. The summed E-state index contributed by atoms with van der Waals surface area (Å²) in [6.45, 7) is 2.01. The van der Waals surface area contributed by atoms with Crippen molar-refractivity contribution in [3.05, 3.63) is 35.1 Å². The topological polar surface area (TPSA) is 43.8 Å². The highest BCUT2D eigenvalue weighted by Gasteiger charge is 2.47. The van der Waals surface area contributed by atoms with Gasteiger partial charge in [-0.1, -0.05) is 0 Å². The summed E-state index contributed by atoms with van der Waals surface area (Å²) in [4.78, 5) is 16.4. The van der Waals surface area contributed by atoms with Crippen LogP contribution in [0, 0.1) is 22.9 Å². The Morgan fingerprint density at radius 1 is 1.24 bits per heavy atom. The molecule has 0 unspecified atom stereocenters. The summed E-state index contributed by atoms with van der Waals surface area (Å²) in [5.41, 5.74) is -0.0601. The third-order valence-corrected chi connectivity index (χ3v) is 5.76. The van der Waals surface area contributed by atoms with Crippen molar-refractivity contribution in [3.8, 4) is 0 Å². The Hall–Kier alpha value is -1.60. The van der Waals surface area contributed by atoms with E-state index in [1.165, 1.54) is 0 Å². The van der Waals surface area contributed by atoms with Crippen molar-refractivity contribution in [2.75, 3.05) is 33.3 Å². The van der Waals surface area contributed by atoms with Gasteiger partial charge < -0.3 is 14.9 Å². The maximum Gasteiger partial charge on any atom is 0.227 e. The van der Waals surface area contributed by atoms with Gasteiger partial charge in [0.25, 0.3) is 0 Å². The van der Waals surface area contributed by atoms with E-state index in [-0.39, 0.29) is 36.0 Å². The maximum atomic E-state index is 13.3. The molecule has 1 aromatic carbocycles. The van der Waals surface area contributed by atoms with E-state index in [0.29, 0.717) is 19.5 Å². The van der Waals surface area contributed by atoms with Gasteiger partial charge in [0.2, 0.25) is 5.91 Å². The van der Waals surface area contributed by atoms with Crippen molar-refractivity contribution >= 4 is 5.91 Å². The Kier molecular flexibility index (Phi) is 5.06. The van der Waals surface area contributed by atoms with E-state index in [2.05, 4.69) is 4.90 Å². The van der Waals surface area contributed by atoms with Gasteiger partial charge in [-0.05, 0) is 50.6 Å². The van der Waals surface area contributed by atoms with E-state index in [4.69, 9.17) is 0 Å². The van der Waals surface area contributed by atoms with Gasteiger partial charge in [0.15, 0.2) is 17.5 Å². The Bertz CT molecular complexity index is 647. The zero-order valence-corrected chi connectivity index (χ0v) is 14.3. The van der Waals surface area contributed by atoms with Crippen molar-refractivity contribution in [2.24, 2.45) is 5.41 Å². The molecule has 0 saturated carbocycles. The van der Waals surface area contributed by atoms with Crippen LogP contribution in [0.3, 0.4) is 0 Å². The number of likely N-dealkylation sites (tertiary alicyclic amines) is 2. The van der Waals surface area contributed by atoms with Crippen LogP contribution in [0.4, 0.5) is 13.2 Å². The molecule has 2 atom stereocenters. The smallest absolute Gasteiger partial charge is 0.227 e. The molecule has 2 aliphatic rings. The summed E-state index contributed by atoms with van der Waals surface area (Å²) in [6, 6.07) is 1.81. The standard InChI is InChI=1S/C18H23F3N2O2/c1-22-5-2-3-18(11-24)4-6-23(10-15(18)22)16(25)9-12-7-13(19)17(21)14(20)8-12/h7-8,15,24H,2-6,9-11H2,1H3/t15-,18-/m1/s1. The zero-order valence-electron chi connectivity index (χ0n) is 14.3. The first kappa shape index (κ1) is 18.2. The molecule has 0 aromatic heterocycles. The molecule has 7 heteroatoms. The van der Waals surface area contributed by atoms with Crippen LogP contribution in [0.15, 0.2) is 12.1 Å². The number of carbonyl (C=O) groups is 1. The summed E-state index contributed by atoms with van der Waals surface area (Å²) in [5, 5.41) is 9.89. The second-order valence-electron chi connectivity index (χ2n) is 7.26. The van der Waals surface area contributed by atoms with E-state index in [1.54, 1.807) is 4.90 Å². The fourth-order valence-electron chi connectivity index (χ4n) is 4.24. The molecule has 0 bridgehead atoms. The van der Waals surface area contributed by atoms with E-state index < -0.39 is 17.5 Å². The highest BCUT2D eigenvalue weighted by atomic mass is 19.2. The lowest BCUT2D eigenvalue weighted by atomic mass is 9.69. The number of likely N-dealkylation sites (N-methyl/N-ethyl adjacent to an activating group) is 1. The van der Waals surface area contributed by atoms with Crippen molar-refractivity contribution < 1.29 is 23.1 Å². The van der Waals surface area contributed by atoms with Gasteiger partial charge in [-0.3, -0.25) is 4.79 Å². The van der Waals surface area contributed by atoms with Gasteiger partial charge in [-0.2, -0.15) is 0 Å². The molecule has 138 valence electrons. The number of aliphatic hydroxyl groups is 1. The molecule has 0 radical (unpaired) electrons. The molecule has 2 heterocycles. The number of fused-ring (bicyclic) bond motifs is 1. The monoisotopic (exact) mass is 356 g/mol. The molecule has 0 spiro atoms. The summed E-state index contributed by atoms with van der Waals surface area (Å²) in [6.07, 6.45) is 2.50. The van der Waals surface area contributed by atoms with Crippen molar-refractivity contribution in [2.45, 2.75) is 31.7 Å². The molecular weight excluding hydrogens is 333 g/mol. The lowest BCUT2D eigenvalue weighted by Crippen LogP contribution is -2.62. The Balaban J connectivity index is 1.72. The molecule has 25 heavy (non-hydrogen) atoms. The number of nitrogens with zero attached hydrogens (tertiary/aromatic N) is 2. The van der Waals surface area contributed by atoms with Crippen molar-refractivity contribution in [1.29, 1.82) is 0 Å². The third kappa shape index (κ3) is 3.40. The first-order valence-electron chi connectivity index (χ1n) is 8.58. The molecule has 2 saturated heterocycles. The number of halogens is 3. The van der Waals surface area contributed by atoms with E-state index in [9.17, 15) is 23.1 Å². The van der Waals surface area contributed by atoms with E-state index >= 15 is 0 Å². The maximum absolute atomic E-state index is 13.3. The van der Waals surface area contributed by atoms with Crippen molar-refractivity contribution in [3.63, 3.8) is 0 Å². The molecule has 3 rings (SSSR count). The van der Waals surface area contributed by atoms with Gasteiger partial charge in [-0.25, -0.2) is 13.2 Å². The molecular formula is C18H23F3N2O2. The molecule has 1 aromatic rings. The number of hydrogen-bond donors (Lipinski definition) is 1. The van der Waals surface area contributed by atoms with Crippen LogP contribution < -0.4 is 0 Å². The first-order valence-corrected chi connectivity index (χ1v) is 8.58. The number of amides is 1. The summed E-state index contributed by atoms with van der Waals surface area (Å²) in [5.74, 6) is -4.33. The Morgan fingerprint density at radius 2 is 1.92 bits per heavy atom. The molecule has 4 nitrogen and oxygen atoms in total. The van der Waals surface area contributed by atoms with Gasteiger partial charge in [0, 0.05) is 24.5 Å². The number of rotatable bonds is 3. The number of benzene rings is 1. The van der Waals surface area contributed by atoms with Crippen LogP contribution in [-0.2, 0) is 11.2 Å². The molecule has 1 amide bonds. The number of aliphatic hydroxyl groups excluding tert-OH is 1. The summed E-state index contributed by atoms with van der Waals surface area (Å²) in [7, 11) is 1.99. The average Bonchev–Trinajstić information content (AvgIpc) is 2.59. The Morgan fingerprint density at radius 3 is 2.56 bits per heavy atom. The number of carbonyl (C=O) groups excluding carboxylic acids is 1. The predicted octanol–water partition coefficient (Wildman–Crippen LogP) is 1.95. The molecule has 2 fully saturated rings. The SMILES string of the molecule is CN1CCC[C@]2(CO)CCN(C(=O)Cc3cc(F)c(F)c(F)c3)C[C@@H]12. The van der Waals surface area contributed by atoms with Crippen LogP contribution in [0.2, 0.25) is 0 Å². The fourth-order valence-corrected chi connectivity index (χ4v) is 4.24. The fraction of sp³-hybridized carbons (Fsp3) is 0.611. The lowest BCUT2D eigenvalue weighted by molar-refractivity contribution is -0.139. The largest absolute Gasteiger partial charge is 0.396 e. The second-order valence-corrected chi connectivity index (χ2v) is 7.26. The average molecular weight is 356 g/mol. The minimum absolute atomic E-state index is 0.0747. The Labute approximate surface area is 145 Å². The lowest BCUT2D eigenvalue weighted by Gasteiger charge is -2.53. The van der Waals surface area contributed by atoms with Gasteiger partial charge in [0.1, 0.15) is 0 Å². The van der Waals surface area contributed by atoms with Gasteiger partial charge >= 0.3 is 0 Å².